The molecule has 0 spiro atoms. The zero-order valence-electron chi connectivity index (χ0n) is 15.3. The van der Waals surface area contributed by atoms with E-state index in [4.69, 9.17) is 9.47 Å². The van der Waals surface area contributed by atoms with Crippen LogP contribution in [0.5, 0.6) is 11.5 Å². The average molecular weight is 405 g/mol. The first kappa shape index (κ1) is 17.8. The van der Waals surface area contributed by atoms with E-state index < -0.39 is 0 Å². The Morgan fingerprint density at radius 3 is 2.69 bits per heavy atom. The summed E-state index contributed by atoms with van der Waals surface area (Å²) in [5.74, 6) is 2.34. The van der Waals surface area contributed by atoms with Gasteiger partial charge in [0.15, 0.2) is 16.7 Å². The van der Waals surface area contributed by atoms with Gasteiger partial charge in [-0.05, 0) is 35.9 Å². The highest BCUT2D eigenvalue weighted by molar-refractivity contribution is 7.98. The number of para-hydroxylation sites is 1. The van der Waals surface area contributed by atoms with Crippen molar-refractivity contribution in [2.24, 2.45) is 0 Å². The van der Waals surface area contributed by atoms with E-state index in [9.17, 15) is 4.39 Å². The molecule has 0 bridgehead atoms. The lowest BCUT2D eigenvalue weighted by Gasteiger charge is -2.11. The molecule has 0 unspecified atom stereocenters. The fourth-order valence-corrected chi connectivity index (χ4v) is 3.92. The number of thioether (sulfide) groups is 1. The molecule has 1 N–H and O–H groups in total. The summed E-state index contributed by atoms with van der Waals surface area (Å²) in [6, 6.07) is 20.2. The SMILES string of the molecule is Fc1ccccc1CSc1nc(Nc2ccc3c(c2)OCO3)c2ccccc2n1. The van der Waals surface area contributed by atoms with Crippen molar-refractivity contribution < 1.29 is 13.9 Å². The fraction of sp³-hybridized carbons (Fsp3) is 0.0909. The van der Waals surface area contributed by atoms with Gasteiger partial charge in [-0.25, -0.2) is 14.4 Å². The molecule has 3 aromatic carbocycles. The van der Waals surface area contributed by atoms with E-state index in [1.807, 2.05) is 48.5 Å². The average Bonchev–Trinajstić information content (AvgIpc) is 3.21. The van der Waals surface area contributed by atoms with Gasteiger partial charge >= 0.3 is 0 Å². The topological polar surface area (TPSA) is 56.3 Å². The van der Waals surface area contributed by atoms with Gasteiger partial charge in [0, 0.05) is 22.9 Å². The highest BCUT2D eigenvalue weighted by atomic mass is 32.2. The lowest BCUT2D eigenvalue weighted by molar-refractivity contribution is 0.174. The van der Waals surface area contributed by atoms with Gasteiger partial charge in [0.05, 0.1) is 5.52 Å². The lowest BCUT2D eigenvalue weighted by Crippen LogP contribution is -1.99. The van der Waals surface area contributed by atoms with Gasteiger partial charge in [0.2, 0.25) is 6.79 Å². The molecule has 2 heterocycles. The zero-order valence-corrected chi connectivity index (χ0v) is 16.1. The second kappa shape index (κ2) is 7.60. The van der Waals surface area contributed by atoms with Crippen molar-refractivity contribution in [1.82, 2.24) is 9.97 Å². The van der Waals surface area contributed by atoms with E-state index in [0.29, 0.717) is 28.0 Å². The number of nitrogens with one attached hydrogen (secondary N) is 1. The van der Waals surface area contributed by atoms with Crippen LogP contribution in [-0.2, 0) is 5.75 Å². The molecule has 1 aliphatic rings. The van der Waals surface area contributed by atoms with Crippen LogP contribution in [0.15, 0.2) is 71.9 Å². The van der Waals surface area contributed by atoms with Crippen molar-refractivity contribution in [3.8, 4) is 11.5 Å². The summed E-state index contributed by atoms with van der Waals surface area (Å²) in [5, 5.41) is 4.83. The van der Waals surface area contributed by atoms with Crippen LogP contribution in [0.4, 0.5) is 15.9 Å². The maximum Gasteiger partial charge on any atom is 0.231 e. The summed E-state index contributed by atoms with van der Waals surface area (Å²) >= 11 is 1.40. The highest BCUT2D eigenvalue weighted by Crippen LogP contribution is 2.36. The molecule has 0 radical (unpaired) electrons. The number of hydrogen-bond donors (Lipinski definition) is 1. The van der Waals surface area contributed by atoms with Crippen molar-refractivity contribution in [1.29, 1.82) is 0 Å². The summed E-state index contributed by atoms with van der Waals surface area (Å²) < 4.78 is 24.8. The number of rotatable bonds is 5. The van der Waals surface area contributed by atoms with Gasteiger partial charge in [-0.3, -0.25) is 0 Å². The third-order valence-electron chi connectivity index (χ3n) is 4.53. The summed E-state index contributed by atoms with van der Waals surface area (Å²) in [6.07, 6.45) is 0. The van der Waals surface area contributed by atoms with Crippen molar-refractivity contribution >= 4 is 34.2 Å². The smallest absolute Gasteiger partial charge is 0.231 e. The van der Waals surface area contributed by atoms with Crippen molar-refractivity contribution in [3.63, 3.8) is 0 Å². The van der Waals surface area contributed by atoms with E-state index in [1.54, 1.807) is 12.1 Å². The molecule has 5 rings (SSSR count). The Kier molecular flexibility index (Phi) is 4.65. The van der Waals surface area contributed by atoms with Crippen LogP contribution in [0, 0.1) is 5.82 Å². The lowest BCUT2D eigenvalue weighted by atomic mass is 10.2. The second-order valence-corrected chi connectivity index (χ2v) is 7.39. The van der Waals surface area contributed by atoms with Crippen LogP contribution in [-0.4, -0.2) is 16.8 Å². The Balaban J connectivity index is 1.46. The molecule has 29 heavy (non-hydrogen) atoms. The molecular weight excluding hydrogens is 389 g/mol. The number of ether oxygens (including phenoxy) is 2. The Bertz CT molecular complexity index is 1200. The molecule has 5 nitrogen and oxygen atoms in total. The monoisotopic (exact) mass is 405 g/mol. The Morgan fingerprint density at radius 2 is 1.76 bits per heavy atom. The minimum absolute atomic E-state index is 0.223. The van der Waals surface area contributed by atoms with Gasteiger partial charge < -0.3 is 14.8 Å². The molecule has 0 fully saturated rings. The van der Waals surface area contributed by atoms with Gasteiger partial charge in [-0.1, -0.05) is 42.1 Å². The van der Waals surface area contributed by atoms with Crippen molar-refractivity contribution in [2.45, 2.75) is 10.9 Å². The maximum absolute atomic E-state index is 13.9. The molecule has 7 heteroatoms. The van der Waals surface area contributed by atoms with E-state index >= 15 is 0 Å². The largest absolute Gasteiger partial charge is 0.454 e. The van der Waals surface area contributed by atoms with Gasteiger partial charge in [0.25, 0.3) is 0 Å². The number of benzene rings is 3. The molecule has 144 valence electrons. The first-order valence-corrected chi connectivity index (χ1v) is 10.0. The van der Waals surface area contributed by atoms with Crippen LogP contribution >= 0.6 is 11.8 Å². The second-order valence-electron chi connectivity index (χ2n) is 6.45. The zero-order chi connectivity index (χ0) is 19.6. The minimum atomic E-state index is -0.223. The van der Waals surface area contributed by atoms with Crippen LogP contribution in [0.3, 0.4) is 0 Å². The number of halogens is 1. The molecular formula is C22H16FN3O2S. The fourth-order valence-electron chi connectivity index (χ4n) is 3.08. The number of aromatic nitrogens is 2. The Hall–Kier alpha value is -3.32. The number of fused-ring (bicyclic) bond motifs is 2. The standard InChI is InChI=1S/C22H16FN3O2S/c23-17-7-3-1-5-14(17)12-29-22-25-18-8-4-2-6-16(18)21(26-22)24-15-9-10-19-20(11-15)28-13-27-19/h1-11H,12-13H2,(H,24,25,26). The summed E-state index contributed by atoms with van der Waals surface area (Å²) in [4.78, 5) is 9.31. The highest BCUT2D eigenvalue weighted by Gasteiger charge is 2.15. The number of nitrogens with zero attached hydrogens (tertiary/aromatic N) is 2. The number of hydrogen-bond acceptors (Lipinski definition) is 6. The van der Waals surface area contributed by atoms with Crippen LogP contribution < -0.4 is 14.8 Å². The van der Waals surface area contributed by atoms with E-state index in [-0.39, 0.29) is 12.6 Å². The first-order valence-electron chi connectivity index (χ1n) is 9.06. The number of anilines is 2. The van der Waals surface area contributed by atoms with Crippen molar-refractivity contribution in [2.75, 3.05) is 12.1 Å². The molecule has 0 saturated carbocycles. The van der Waals surface area contributed by atoms with Gasteiger partial charge in [-0.15, -0.1) is 0 Å². The minimum Gasteiger partial charge on any atom is -0.454 e. The van der Waals surface area contributed by atoms with Crippen LogP contribution in [0.2, 0.25) is 0 Å². The molecule has 0 atom stereocenters. The van der Waals surface area contributed by atoms with E-state index in [2.05, 4.69) is 15.3 Å². The van der Waals surface area contributed by atoms with E-state index in [0.717, 1.165) is 22.3 Å². The first-order chi connectivity index (χ1) is 14.3. The quantitative estimate of drug-likeness (QED) is 0.348. The normalized spacial score (nSPS) is 12.3. The molecule has 0 aliphatic carbocycles. The summed E-state index contributed by atoms with van der Waals surface area (Å²) in [5.41, 5.74) is 2.28. The Labute approximate surface area is 170 Å². The third-order valence-corrected chi connectivity index (χ3v) is 5.43. The Morgan fingerprint density at radius 1 is 0.931 bits per heavy atom. The maximum atomic E-state index is 13.9. The van der Waals surface area contributed by atoms with Gasteiger partial charge in [0.1, 0.15) is 11.6 Å². The third kappa shape index (κ3) is 3.69. The predicted molar refractivity (Wildman–Crippen MR) is 111 cm³/mol. The molecule has 0 saturated heterocycles. The van der Waals surface area contributed by atoms with Crippen molar-refractivity contribution in [3.05, 3.63) is 78.1 Å². The molecule has 1 aromatic heterocycles. The molecule has 0 amide bonds. The predicted octanol–water partition coefficient (Wildman–Crippen LogP) is 5.53. The summed E-state index contributed by atoms with van der Waals surface area (Å²) in [6.45, 7) is 0.228. The molecule has 1 aliphatic heterocycles. The molecule has 4 aromatic rings. The van der Waals surface area contributed by atoms with Crippen LogP contribution in [0.1, 0.15) is 5.56 Å². The van der Waals surface area contributed by atoms with Crippen LogP contribution in [0.25, 0.3) is 10.9 Å². The van der Waals surface area contributed by atoms with E-state index in [1.165, 1.54) is 17.8 Å². The summed E-state index contributed by atoms with van der Waals surface area (Å²) in [7, 11) is 0. The van der Waals surface area contributed by atoms with Gasteiger partial charge in [-0.2, -0.15) is 0 Å².